The fourth-order valence-electron chi connectivity index (χ4n) is 4.89. The monoisotopic (exact) mass is 658 g/mol. The van der Waals surface area contributed by atoms with Gasteiger partial charge in [0.25, 0.3) is 17.5 Å². The number of rotatable bonds is 9. The van der Waals surface area contributed by atoms with Crippen LogP contribution >= 0.6 is 23.5 Å². The quantitative estimate of drug-likeness (QED) is 0.0714. The molecule has 0 spiro atoms. The Kier molecular flexibility index (Phi) is 9.46. The van der Waals surface area contributed by atoms with Crippen LogP contribution in [0.25, 0.3) is 6.08 Å². The maximum atomic E-state index is 13.5. The van der Waals surface area contributed by atoms with Crippen LogP contribution in [0.15, 0.2) is 148 Å². The minimum atomic E-state index is -0.664. The van der Waals surface area contributed by atoms with E-state index in [1.165, 1.54) is 36.0 Å². The minimum absolute atomic E-state index is 0.0634. The highest BCUT2D eigenvalue weighted by Gasteiger charge is 2.27. The van der Waals surface area contributed by atoms with Crippen molar-refractivity contribution >= 4 is 70.1 Å². The summed E-state index contributed by atoms with van der Waals surface area (Å²) in [7, 11) is 0. The van der Waals surface area contributed by atoms with Crippen LogP contribution in [0.2, 0.25) is 0 Å². The van der Waals surface area contributed by atoms with Gasteiger partial charge in [0.15, 0.2) is 0 Å². The third-order valence-corrected chi connectivity index (χ3v) is 9.25. The van der Waals surface area contributed by atoms with Gasteiger partial charge in [-0.05, 0) is 72.8 Å². The fourth-order valence-corrected chi connectivity index (χ4v) is 6.70. The van der Waals surface area contributed by atoms with Crippen LogP contribution in [-0.2, 0) is 9.59 Å². The molecular formula is C36H26N4O5S2. The normalized spacial score (nSPS) is 12.0. The number of anilines is 3. The molecule has 0 atom stereocenters. The largest absolute Gasteiger partial charge is 0.321 e. The van der Waals surface area contributed by atoms with Gasteiger partial charge in [-0.25, -0.2) is 0 Å². The van der Waals surface area contributed by atoms with E-state index >= 15 is 0 Å². The van der Waals surface area contributed by atoms with Crippen LogP contribution in [0.4, 0.5) is 22.7 Å². The van der Waals surface area contributed by atoms with Crippen molar-refractivity contribution in [1.29, 1.82) is 0 Å². The summed E-state index contributed by atoms with van der Waals surface area (Å²) in [6.07, 6.45) is 1.28. The number of nitrogens with one attached hydrogen (secondary N) is 2. The van der Waals surface area contributed by atoms with Gasteiger partial charge in [-0.15, -0.1) is 11.8 Å². The van der Waals surface area contributed by atoms with Crippen molar-refractivity contribution in [2.45, 2.75) is 14.7 Å². The lowest BCUT2D eigenvalue weighted by Crippen LogP contribution is -2.30. The molecular weight excluding hydrogens is 633 g/mol. The summed E-state index contributed by atoms with van der Waals surface area (Å²) in [5, 5.41) is 16.9. The molecule has 0 unspecified atom stereocenters. The number of amides is 3. The van der Waals surface area contributed by atoms with E-state index in [0.717, 1.165) is 26.1 Å². The Morgan fingerprint density at radius 1 is 0.766 bits per heavy atom. The second kappa shape index (κ2) is 14.2. The average Bonchev–Trinajstić information content (AvgIpc) is 3.10. The molecule has 11 heteroatoms. The van der Waals surface area contributed by atoms with Gasteiger partial charge in [0, 0.05) is 32.0 Å². The molecule has 232 valence electrons. The summed E-state index contributed by atoms with van der Waals surface area (Å²) in [5.41, 5.74) is 2.23. The molecule has 1 heterocycles. The number of benzene rings is 5. The second-order valence-corrected chi connectivity index (χ2v) is 12.4. The van der Waals surface area contributed by atoms with Crippen LogP contribution in [0.1, 0.15) is 15.9 Å². The zero-order valence-corrected chi connectivity index (χ0v) is 26.3. The molecule has 1 aliphatic rings. The first-order valence-electron chi connectivity index (χ1n) is 14.4. The molecule has 0 saturated carbocycles. The minimum Gasteiger partial charge on any atom is -0.321 e. The maximum absolute atomic E-state index is 13.5. The van der Waals surface area contributed by atoms with E-state index < -0.39 is 16.7 Å². The Balaban J connectivity index is 1.16. The van der Waals surface area contributed by atoms with Crippen molar-refractivity contribution in [1.82, 2.24) is 5.32 Å². The number of carbonyl (C=O) groups excluding carboxylic acids is 3. The number of para-hydroxylation sites is 3. The van der Waals surface area contributed by atoms with E-state index in [1.54, 1.807) is 77.3 Å². The standard InChI is InChI=1S/C36H26N4O5S2/c41-34(39-30-14-6-8-16-32(30)47-33-17-9-7-15-31(33)39)23-46-27-20-18-26(19-21-27)37-36(43)28(38-35(42)24-10-2-1-3-11-24)22-25-12-4-5-13-29(25)40(44)45/h1-22H,23H2,(H,37,43)(H,38,42)/b28-22-. The number of hydrogen-bond donors (Lipinski definition) is 2. The van der Waals surface area contributed by atoms with E-state index in [9.17, 15) is 24.5 Å². The van der Waals surface area contributed by atoms with Crippen molar-refractivity contribution in [3.8, 4) is 0 Å². The molecule has 0 radical (unpaired) electrons. The van der Waals surface area contributed by atoms with Gasteiger partial charge < -0.3 is 10.6 Å². The highest BCUT2D eigenvalue weighted by Crippen LogP contribution is 2.48. The number of carbonyl (C=O) groups is 3. The summed E-state index contributed by atoms with van der Waals surface area (Å²) in [4.78, 5) is 55.6. The van der Waals surface area contributed by atoms with Crippen LogP contribution in [-0.4, -0.2) is 28.4 Å². The Hall–Kier alpha value is -5.65. The van der Waals surface area contributed by atoms with Gasteiger partial charge in [-0.2, -0.15) is 0 Å². The molecule has 1 aliphatic heterocycles. The number of fused-ring (bicyclic) bond motifs is 2. The molecule has 0 aromatic heterocycles. The average molecular weight is 659 g/mol. The number of nitrogens with zero attached hydrogens (tertiary/aromatic N) is 2. The van der Waals surface area contributed by atoms with Crippen LogP contribution in [0, 0.1) is 10.1 Å². The van der Waals surface area contributed by atoms with Crippen LogP contribution in [0.3, 0.4) is 0 Å². The van der Waals surface area contributed by atoms with Gasteiger partial charge in [0.2, 0.25) is 5.91 Å². The lowest BCUT2D eigenvalue weighted by Gasteiger charge is -2.31. The first-order chi connectivity index (χ1) is 22.9. The van der Waals surface area contributed by atoms with E-state index in [4.69, 9.17) is 0 Å². The van der Waals surface area contributed by atoms with Crippen molar-refractivity contribution < 1.29 is 19.3 Å². The van der Waals surface area contributed by atoms with Gasteiger partial charge in [0.05, 0.1) is 27.6 Å². The topological polar surface area (TPSA) is 122 Å². The zero-order chi connectivity index (χ0) is 32.8. The van der Waals surface area contributed by atoms with E-state index in [2.05, 4.69) is 10.6 Å². The molecule has 0 bridgehead atoms. The Bertz CT molecular complexity index is 1970. The van der Waals surface area contributed by atoms with Crippen molar-refractivity contribution in [2.24, 2.45) is 0 Å². The number of thioether (sulfide) groups is 1. The second-order valence-electron chi connectivity index (χ2n) is 10.2. The SMILES string of the molecule is O=C(Nc1ccc(SCC(=O)N2c3ccccc3Sc3ccccc32)cc1)/C(=C/c1ccccc1[N+](=O)[O-])NC(=O)c1ccccc1. The Morgan fingerprint density at radius 2 is 1.36 bits per heavy atom. The third kappa shape index (κ3) is 7.27. The van der Waals surface area contributed by atoms with E-state index in [-0.39, 0.29) is 28.6 Å². The van der Waals surface area contributed by atoms with E-state index in [0.29, 0.717) is 11.3 Å². The molecule has 5 aromatic carbocycles. The molecule has 0 fully saturated rings. The molecule has 0 aliphatic carbocycles. The molecule has 9 nitrogen and oxygen atoms in total. The van der Waals surface area contributed by atoms with Gasteiger partial charge in [-0.1, -0.05) is 66.4 Å². The summed E-state index contributed by atoms with van der Waals surface area (Å²) < 4.78 is 0. The molecule has 0 saturated heterocycles. The Labute approximate surface area is 278 Å². The molecule has 6 rings (SSSR count). The highest BCUT2D eigenvalue weighted by molar-refractivity contribution is 8.00. The summed E-state index contributed by atoms with van der Waals surface area (Å²) >= 11 is 3.01. The lowest BCUT2D eigenvalue weighted by molar-refractivity contribution is -0.385. The molecule has 47 heavy (non-hydrogen) atoms. The van der Waals surface area contributed by atoms with Crippen LogP contribution in [0.5, 0.6) is 0 Å². The summed E-state index contributed by atoms with van der Waals surface area (Å²) in [6, 6.07) is 36.9. The molecule has 3 amide bonds. The maximum Gasteiger partial charge on any atom is 0.276 e. The highest BCUT2D eigenvalue weighted by atomic mass is 32.2. The predicted molar refractivity (Wildman–Crippen MR) is 185 cm³/mol. The Morgan fingerprint density at radius 3 is 2.02 bits per heavy atom. The zero-order valence-electron chi connectivity index (χ0n) is 24.7. The smallest absolute Gasteiger partial charge is 0.276 e. The lowest BCUT2D eigenvalue weighted by atomic mass is 10.1. The van der Waals surface area contributed by atoms with Crippen molar-refractivity contribution in [2.75, 3.05) is 16.0 Å². The van der Waals surface area contributed by atoms with Crippen LogP contribution < -0.4 is 15.5 Å². The fraction of sp³-hybridized carbons (Fsp3) is 0.0278. The van der Waals surface area contributed by atoms with Crippen molar-refractivity contribution in [3.63, 3.8) is 0 Å². The first-order valence-corrected chi connectivity index (χ1v) is 16.2. The van der Waals surface area contributed by atoms with Crippen molar-refractivity contribution in [3.05, 3.63) is 154 Å². The first kappa shape index (κ1) is 31.3. The van der Waals surface area contributed by atoms with Gasteiger partial charge in [0.1, 0.15) is 5.70 Å². The number of hydrogen-bond acceptors (Lipinski definition) is 7. The third-order valence-electron chi connectivity index (χ3n) is 7.12. The number of nitro benzene ring substituents is 1. The predicted octanol–water partition coefficient (Wildman–Crippen LogP) is 7.93. The van der Waals surface area contributed by atoms with E-state index in [1.807, 2.05) is 48.5 Å². The molecule has 2 N–H and O–H groups in total. The summed E-state index contributed by atoms with van der Waals surface area (Å²) in [5.74, 6) is -1.08. The van der Waals surface area contributed by atoms with Gasteiger partial charge >= 0.3 is 0 Å². The molecule has 5 aromatic rings. The summed E-state index contributed by atoms with van der Waals surface area (Å²) in [6.45, 7) is 0. The van der Waals surface area contributed by atoms with Gasteiger partial charge in [-0.3, -0.25) is 29.4 Å². The number of nitro groups is 1.